The first-order chi connectivity index (χ1) is 7.83. The van der Waals surface area contributed by atoms with Crippen molar-refractivity contribution in [2.45, 2.75) is 13.3 Å². The number of anilines is 1. The molecule has 0 amide bonds. The van der Waals surface area contributed by atoms with E-state index in [-0.39, 0.29) is 0 Å². The average molecular weight is 215 g/mol. The molecule has 2 heterocycles. The van der Waals surface area contributed by atoms with Crippen molar-refractivity contribution in [2.24, 2.45) is 7.05 Å². The van der Waals surface area contributed by atoms with Crippen LogP contribution in [0.2, 0.25) is 0 Å². The molecule has 5 heteroatoms. The van der Waals surface area contributed by atoms with E-state index in [1.165, 1.54) is 6.33 Å². The predicted octanol–water partition coefficient (Wildman–Crippen LogP) is 1.19. The Balaban J connectivity index is 2.19. The van der Waals surface area contributed by atoms with Crippen molar-refractivity contribution in [3.8, 4) is 11.8 Å². The Hall–Kier alpha value is -2.09. The molecule has 0 radical (unpaired) electrons. The largest absolute Gasteiger partial charge is 0.368 e. The number of hydrogen-bond acceptors (Lipinski definition) is 4. The molecular weight excluding hydrogens is 202 g/mol. The third-order valence-electron chi connectivity index (χ3n) is 2.25. The number of hydrogen-bond donors (Lipinski definition) is 1. The van der Waals surface area contributed by atoms with Crippen LogP contribution < -0.4 is 5.32 Å². The van der Waals surface area contributed by atoms with Crippen LogP contribution in [0.1, 0.15) is 13.3 Å². The Labute approximate surface area is 93.9 Å². The molecule has 5 nitrogen and oxygen atoms in total. The third-order valence-corrected chi connectivity index (χ3v) is 2.25. The highest BCUT2D eigenvalue weighted by Gasteiger charge is 2.06. The molecule has 82 valence electrons. The van der Waals surface area contributed by atoms with Crippen molar-refractivity contribution >= 4 is 16.9 Å². The molecule has 0 aliphatic heterocycles. The summed E-state index contributed by atoms with van der Waals surface area (Å²) >= 11 is 0. The molecule has 0 spiro atoms. The van der Waals surface area contributed by atoms with Crippen molar-refractivity contribution in [1.29, 1.82) is 0 Å². The number of rotatable bonds is 3. The SMILES string of the molecule is CC#CCCNc1ncnc2c1cnn2C. The maximum atomic E-state index is 4.19. The second-order valence-electron chi connectivity index (χ2n) is 3.33. The maximum absolute atomic E-state index is 4.19. The molecule has 0 atom stereocenters. The van der Waals surface area contributed by atoms with Gasteiger partial charge in [0, 0.05) is 20.0 Å². The van der Waals surface area contributed by atoms with E-state index >= 15 is 0 Å². The molecule has 2 aromatic rings. The molecule has 0 saturated heterocycles. The lowest BCUT2D eigenvalue weighted by atomic mass is 10.3. The summed E-state index contributed by atoms with van der Waals surface area (Å²) in [5.74, 6) is 6.67. The molecule has 0 aliphatic rings. The van der Waals surface area contributed by atoms with Crippen molar-refractivity contribution < 1.29 is 0 Å². The topological polar surface area (TPSA) is 55.6 Å². The minimum absolute atomic E-state index is 0.780. The van der Waals surface area contributed by atoms with E-state index in [0.29, 0.717) is 0 Å². The fraction of sp³-hybridized carbons (Fsp3) is 0.364. The Morgan fingerprint density at radius 1 is 1.44 bits per heavy atom. The molecule has 0 aliphatic carbocycles. The quantitative estimate of drug-likeness (QED) is 0.617. The van der Waals surface area contributed by atoms with Crippen LogP contribution in [0.15, 0.2) is 12.5 Å². The van der Waals surface area contributed by atoms with E-state index in [0.717, 1.165) is 29.8 Å². The standard InChI is InChI=1S/C11H13N5/c1-3-4-5-6-12-10-9-7-15-16(2)11(9)14-8-13-10/h7-8H,5-6H2,1-2H3,(H,12,13,14). The lowest BCUT2D eigenvalue weighted by molar-refractivity contribution is 0.785. The van der Waals surface area contributed by atoms with Gasteiger partial charge in [-0.1, -0.05) is 0 Å². The summed E-state index contributed by atoms with van der Waals surface area (Å²) in [6.07, 6.45) is 4.11. The van der Waals surface area contributed by atoms with Crippen LogP contribution in [0.25, 0.3) is 11.0 Å². The molecule has 0 unspecified atom stereocenters. The summed E-state index contributed by atoms with van der Waals surface area (Å²) in [5.41, 5.74) is 0.832. The van der Waals surface area contributed by atoms with Crippen LogP contribution in [0.4, 0.5) is 5.82 Å². The van der Waals surface area contributed by atoms with Gasteiger partial charge in [-0.2, -0.15) is 5.10 Å². The van der Waals surface area contributed by atoms with Crippen LogP contribution in [0.5, 0.6) is 0 Å². The lowest BCUT2D eigenvalue weighted by Gasteiger charge is -2.03. The van der Waals surface area contributed by atoms with E-state index in [4.69, 9.17) is 0 Å². The highest BCUT2D eigenvalue weighted by Crippen LogP contribution is 2.17. The summed E-state index contributed by atoms with van der Waals surface area (Å²) in [6.45, 7) is 2.62. The van der Waals surface area contributed by atoms with Crippen LogP contribution in [0, 0.1) is 11.8 Å². The zero-order chi connectivity index (χ0) is 11.4. The number of aromatic nitrogens is 4. The first kappa shape index (κ1) is 10.4. The third kappa shape index (κ3) is 1.96. The van der Waals surface area contributed by atoms with Gasteiger partial charge in [-0.25, -0.2) is 9.97 Å². The van der Waals surface area contributed by atoms with E-state index in [9.17, 15) is 0 Å². The van der Waals surface area contributed by atoms with Gasteiger partial charge in [0.1, 0.15) is 12.1 Å². The van der Waals surface area contributed by atoms with Crippen LogP contribution >= 0.6 is 0 Å². The second kappa shape index (κ2) is 4.62. The van der Waals surface area contributed by atoms with Gasteiger partial charge in [-0.15, -0.1) is 11.8 Å². The Morgan fingerprint density at radius 2 is 2.31 bits per heavy atom. The molecule has 0 aromatic carbocycles. The first-order valence-electron chi connectivity index (χ1n) is 5.09. The minimum Gasteiger partial charge on any atom is -0.368 e. The van der Waals surface area contributed by atoms with Gasteiger partial charge in [-0.05, 0) is 6.92 Å². The maximum Gasteiger partial charge on any atom is 0.163 e. The molecular formula is C11H13N5. The summed E-state index contributed by atoms with van der Waals surface area (Å²) in [7, 11) is 1.86. The average Bonchev–Trinajstić information content (AvgIpc) is 2.68. The van der Waals surface area contributed by atoms with Gasteiger partial charge >= 0.3 is 0 Å². The fourth-order valence-electron chi connectivity index (χ4n) is 1.47. The number of nitrogens with zero attached hydrogens (tertiary/aromatic N) is 4. The molecule has 0 bridgehead atoms. The smallest absolute Gasteiger partial charge is 0.163 e. The van der Waals surface area contributed by atoms with Crippen LogP contribution in [-0.2, 0) is 7.05 Å². The summed E-state index contributed by atoms with van der Waals surface area (Å²) in [6, 6.07) is 0. The molecule has 2 aromatic heterocycles. The van der Waals surface area contributed by atoms with Crippen molar-refractivity contribution in [3.63, 3.8) is 0 Å². The number of fused-ring (bicyclic) bond motifs is 1. The summed E-state index contributed by atoms with van der Waals surface area (Å²) < 4.78 is 1.73. The zero-order valence-electron chi connectivity index (χ0n) is 9.36. The highest BCUT2D eigenvalue weighted by molar-refractivity contribution is 5.85. The van der Waals surface area contributed by atoms with E-state index in [1.807, 2.05) is 14.0 Å². The van der Waals surface area contributed by atoms with Gasteiger partial charge in [0.05, 0.1) is 11.6 Å². The van der Waals surface area contributed by atoms with Crippen molar-refractivity contribution in [1.82, 2.24) is 19.7 Å². The monoisotopic (exact) mass is 215 g/mol. The van der Waals surface area contributed by atoms with Crippen LogP contribution in [0.3, 0.4) is 0 Å². The minimum atomic E-state index is 0.780. The zero-order valence-corrected chi connectivity index (χ0v) is 9.36. The van der Waals surface area contributed by atoms with Crippen molar-refractivity contribution in [2.75, 3.05) is 11.9 Å². The normalized spacial score (nSPS) is 9.88. The van der Waals surface area contributed by atoms with Gasteiger partial charge < -0.3 is 5.32 Å². The van der Waals surface area contributed by atoms with Gasteiger partial charge in [-0.3, -0.25) is 4.68 Å². The first-order valence-corrected chi connectivity index (χ1v) is 5.09. The van der Waals surface area contributed by atoms with E-state index in [1.54, 1.807) is 10.9 Å². The number of aryl methyl sites for hydroxylation is 1. The Kier molecular flexibility index (Phi) is 3.01. The van der Waals surface area contributed by atoms with Gasteiger partial charge in [0.2, 0.25) is 0 Å². The molecule has 2 rings (SSSR count). The fourth-order valence-corrected chi connectivity index (χ4v) is 1.47. The van der Waals surface area contributed by atoms with Gasteiger partial charge in [0.15, 0.2) is 5.65 Å². The number of nitrogens with one attached hydrogen (secondary N) is 1. The second-order valence-corrected chi connectivity index (χ2v) is 3.33. The van der Waals surface area contributed by atoms with E-state index < -0.39 is 0 Å². The van der Waals surface area contributed by atoms with Crippen LogP contribution in [-0.4, -0.2) is 26.3 Å². The summed E-state index contributed by atoms with van der Waals surface area (Å²) in [4.78, 5) is 8.36. The van der Waals surface area contributed by atoms with Gasteiger partial charge in [0.25, 0.3) is 0 Å². The molecule has 0 saturated carbocycles. The lowest BCUT2D eigenvalue weighted by Crippen LogP contribution is -2.03. The van der Waals surface area contributed by atoms with Crippen molar-refractivity contribution in [3.05, 3.63) is 12.5 Å². The molecule has 0 fully saturated rings. The predicted molar refractivity (Wildman–Crippen MR) is 62.9 cm³/mol. The Morgan fingerprint density at radius 3 is 3.12 bits per heavy atom. The molecule has 16 heavy (non-hydrogen) atoms. The Bertz CT molecular complexity index is 546. The summed E-state index contributed by atoms with van der Waals surface area (Å²) in [5, 5.41) is 8.32. The van der Waals surface area contributed by atoms with E-state index in [2.05, 4.69) is 32.2 Å². The molecule has 1 N–H and O–H groups in total. The highest BCUT2D eigenvalue weighted by atomic mass is 15.3.